The van der Waals surface area contributed by atoms with E-state index in [4.69, 9.17) is 5.26 Å². The second-order valence-electron chi connectivity index (χ2n) is 4.20. The van der Waals surface area contributed by atoms with Crippen LogP contribution in [0.1, 0.15) is 31.9 Å². The predicted octanol–water partition coefficient (Wildman–Crippen LogP) is 3.24. The van der Waals surface area contributed by atoms with E-state index in [0.29, 0.717) is 6.42 Å². The smallest absolute Gasteiger partial charge is 0.0772 e. The summed E-state index contributed by atoms with van der Waals surface area (Å²) in [5.74, 6) is 0. The van der Waals surface area contributed by atoms with Crippen molar-refractivity contribution >= 4 is 21.6 Å². The predicted molar refractivity (Wildman–Crippen MR) is 72.9 cm³/mol. The molecule has 0 aliphatic rings. The molecule has 0 bridgehead atoms. The first-order valence-electron chi connectivity index (χ1n) is 5.54. The summed E-state index contributed by atoms with van der Waals surface area (Å²) in [4.78, 5) is 2.06. The molecule has 0 saturated heterocycles. The molecule has 3 nitrogen and oxygen atoms in total. The van der Waals surface area contributed by atoms with E-state index in [0.717, 1.165) is 15.7 Å². The molecule has 1 aromatic carbocycles. The number of halogens is 1. The lowest BCUT2D eigenvalue weighted by Crippen LogP contribution is -2.28. The summed E-state index contributed by atoms with van der Waals surface area (Å²) in [5.41, 5.74) is 1.90. The summed E-state index contributed by atoms with van der Waals surface area (Å²) in [7, 11) is 1.96. The number of aliphatic hydroxyl groups excluding tert-OH is 1. The highest BCUT2D eigenvalue weighted by molar-refractivity contribution is 9.10. The molecule has 0 fully saturated rings. The van der Waals surface area contributed by atoms with Crippen LogP contribution in [0.3, 0.4) is 0 Å². The van der Waals surface area contributed by atoms with Crippen molar-refractivity contribution in [1.82, 2.24) is 0 Å². The first-order valence-corrected chi connectivity index (χ1v) is 6.34. The minimum Gasteiger partial charge on any atom is -0.389 e. The van der Waals surface area contributed by atoms with Crippen molar-refractivity contribution in [2.24, 2.45) is 0 Å². The van der Waals surface area contributed by atoms with Crippen molar-refractivity contribution in [3.63, 3.8) is 0 Å². The third kappa shape index (κ3) is 3.45. The minimum absolute atomic E-state index is 0.171. The van der Waals surface area contributed by atoms with Crippen molar-refractivity contribution in [2.45, 2.75) is 32.4 Å². The van der Waals surface area contributed by atoms with E-state index in [1.807, 2.05) is 32.2 Å². The van der Waals surface area contributed by atoms with E-state index in [9.17, 15) is 5.11 Å². The van der Waals surface area contributed by atoms with Gasteiger partial charge in [0.1, 0.15) is 0 Å². The Morgan fingerprint density at radius 2 is 2.12 bits per heavy atom. The van der Waals surface area contributed by atoms with Crippen molar-refractivity contribution in [1.29, 1.82) is 5.26 Å². The normalized spacial score (nSPS) is 13.9. The highest BCUT2D eigenvalue weighted by atomic mass is 79.9. The van der Waals surface area contributed by atoms with Crippen molar-refractivity contribution in [3.8, 4) is 6.07 Å². The molecule has 92 valence electrons. The Bertz CT molecular complexity index is 426. The highest BCUT2D eigenvalue weighted by Gasteiger charge is 2.12. The van der Waals surface area contributed by atoms with Gasteiger partial charge in [0.05, 0.1) is 18.6 Å². The third-order valence-electron chi connectivity index (χ3n) is 2.89. The van der Waals surface area contributed by atoms with E-state index in [1.54, 1.807) is 6.92 Å². The average Bonchev–Trinajstić information content (AvgIpc) is 2.27. The lowest BCUT2D eigenvalue weighted by Gasteiger charge is -2.26. The van der Waals surface area contributed by atoms with Gasteiger partial charge in [-0.3, -0.25) is 0 Å². The topological polar surface area (TPSA) is 47.3 Å². The number of nitriles is 1. The molecule has 17 heavy (non-hydrogen) atoms. The van der Waals surface area contributed by atoms with E-state index in [2.05, 4.69) is 26.9 Å². The monoisotopic (exact) mass is 296 g/mol. The van der Waals surface area contributed by atoms with Crippen LogP contribution in [0, 0.1) is 11.3 Å². The molecule has 1 N–H and O–H groups in total. The van der Waals surface area contributed by atoms with Gasteiger partial charge in [0.2, 0.25) is 0 Å². The molecule has 1 aromatic rings. The van der Waals surface area contributed by atoms with E-state index >= 15 is 0 Å². The van der Waals surface area contributed by atoms with Crippen LogP contribution >= 0.6 is 15.9 Å². The standard InChI is InChI=1S/C13H17BrN2O/c1-9(6-7-15)16(3)11-4-5-12(10(2)17)13(14)8-11/h4-5,8-10,17H,6H2,1-3H3/t9?,10-/m1/s1. The van der Waals surface area contributed by atoms with Gasteiger partial charge in [-0.15, -0.1) is 0 Å². The second-order valence-corrected chi connectivity index (χ2v) is 5.06. The van der Waals surface area contributed by atoms with Crippen LogP contribution in [0.5, 0.6) is 0 Å². The van der Waals surface area contributed by atoms with E-state index in [1.165, 1.54) is 0 Å². The molecule has 0 aromatic heterocycles. The molecule has 0 heterocycles. The molecule has 4 heteroatoms. The Hall–Kier alpha value is -1.05. The number of rotatable bonds is 4. The molecule has 1 rings (SSSR count). The fraction of sp³-hybridized carbons (Fsp3) is 0.462. The van der Waals surface area contributed by atoms with Gasteiger partial charge in [-0.25, -0.2) is 0 Å². The zero-order valence-corrected chi connectivity index (χ0v) is 11.9. The Morgan fingerprint density at radius 1 is 1.47 bits per heavy atom. The van der Waals surface area contributed by atoms with Crippen LogP contribution in [0.4, 0.5) is 5.69 Å². The summed E-state index contributed by atoms with van der Waals surface area (Å²) in [6.45, 7) is 3.75. The van der Waals surface area contributed by atoms with Gasteiger partial charge >= 0.3 is 0 Å². The summed E-state index contributed by atoms with van der Waals surface area (Å²) < 4.78 is 0.890. The Labute approximate surface area is 111 Å². The molecule has 0 aliphatic heterocycles. The maximum absolute atomic E-state index is 9.54. The summed E-state index contributed by atoms with van der Waals surface area (Å²) in [6, 6.07) is 8.17. The van der Waals surface area contributed by atoms with E-state index in [-0.39, 0.29) is 6.04 Å². The zero-order chi connectivity index (χ0) is 13.0. The first-order chi connectivity index (χ1) is 7.97. The molecular formula is C13H17BrN2O. The number of aliphatic hydroxyl groups is 1. The summed E-state index contributed by atoms with van der Waals surface area (Å²) >= 11 is 3.45. The van der Waals surface area contributed by atoms with Crippen LogP contribution in [0.25, 0.3) is 0 Å². The summed E-state index contributed by atoms with van der Waals surface area (Å²) in [5, 5.41) is 18.2. The Balaban J connectivity index is 2.94. The highest BCUT2D eigenvalue weighted by Crippen LogP contribution is 2.28. The molecule has 0 radical (unpaired) electrons. The zero-order valence-electron chi connectivity index (χ0n) is 10.3. The van der Waals surface area contributed by atoms with Crippen molar-refractivity contribution in [3.05, 3.63) is 28.2 Å². The van der Waals surface area contributed by atoms with Gasteiger partial charge in [0, 0.05) is 23.2 Å². The van der Waals surface area contributed by atoms with Crippen LogP contribution in [-0.4, -0.2) is 18.2 Å². The number of benzene rings is 1. The average molecular weight is 297 g/mol. The maximum atomic E-state index is 9.54. The van der Waals surface area contributed by atoms with Crippen LogP contribution in [0.15, 0.2) is 22.7 Å². The minimum atomic E-state index is -0.486. The molecule has 0 saturated carbocycles. The molecular weight excluding hydrogens is 280 g/mol. The van der Waals surface area contributed by atoms with Gasteiger partial charge in [-0.2, -0.15) is 5.26 Å². The quantitative estimate of drug-likeness (QED) is 0.928. The van der Waals surface area contributed by atoms with Crippen LogP contribution in [-0.2, 0) is 0 Å². The lowest BCUT2D eigenvalue weighted by molar-refractivity contribution is 0.198. The number of hydrogen-bond acceptors (Lipinski definition) is 3. The molecule has 0 spiro atoms. The van der Waals surface area contributed by atoms with Gasteiger partial charge in [-0.1, -0.05) is 22.0 Å². The first kappa shape index (κ1) is 14.0. The Kier molecular flexibility index (Phi) is 4.98. The van der Waals surface area contributed by atoms with Crippen LogP contribution in [0.2, 0.25) is 0 Å². The number of hydrogen-bond donors (Lipinski definition) is 1. The van der Waals surface area contributed by atoms with Crippen molar-refractivity contribution in [2.75, 3.05) is 11.9 Å². The van der Waals surface area contributed by atoms with E-state index < -0.39 is 6.10 Å². The Morgan fingerprint density at radius 3 is 2.59 bits per heavy atom. The lowest BCUT2D eigenvalue weighted by atomic mass is 10.1. The molecule has 0 amide bonds. The fourth-order valence-electron chi connectivity index (χ4n) is 1.60. The number of anilines is 1. The van der Waals surface area contributed by atoms with Gasteiger partial charge < -0.3 is 10.0 Å². The third-order valence-corrected chi connectivity index (χ3v) is 3.58. The second kappa shape index (κ2) is 6.04. The fourth-order valence-corrected chi connectivity index (χ4v) is 2.30. The van der Waals surface area contributed by atoms with Crippen molar-refractivity contribution < 1.29 is 5.11 Å². The maximum Gasteiger partial charge on any atom is 0.0772 e. The van der Waals surface area contributed by atoms with Gasteiger partial charge in [0.25, 0.3) is 0 Å². The van der Waals surface area contributed by atoms with Crippen LogP contribution < -0.4 is 4.90 Å². The van der Waals surface area contributed by atoms with Gasteiger partial charge in [0.15, 0.2) is 0 Å². The summed E-state index contributed by atoms with van der Waals surface area (Å²) in [6.07, 6.45) is 0.00647. The number of nitrogens with zero attached hydrogens (tertiary/aromatic N) is 2. The molecule has 0 aliphatic carbocycles. The SMILES string of the molecule is CC(CC#N)N(C)c1ccc([C@@H](C)O)c(Br)c1. The largest absolute Gasteiger partial charge is 0.389 e. The van der Waals surface area contributed by atoms with Gasteiger partial charge in [-0.05, 0) is 31.5 Å². The molecule has 1 unspecified atom stereocenters. The molecule has 2 atom stereocenters.